The Morgan fingerprint density at radius 3 is 0.886 bits per heavy atom. The van der Waals surface area contributed by atoms with E-state index in [2.05, 4.69) is 353 Å². The number of fused-ring (bicyclic) bond motifs is 4. The molecular formula is C116H120Ir4N4O8-4. The zero-order chi connectivity index (χ0) is 93.9. The summed E-state index contributed by atoms with van der Waals surface area (Å²) in [6.07, 6.45) is 5.78. The van der Waals surface area contributed by atoms with E-state index in [1.54, 1.807) is 0 Å². The number of pyridine rings is 4. The zero-order valence-corrected chi connectivity index (χ0v) is 89.6. The molecule has 0 aliphatic heterocycles. The van der Waals surface area contributed by atoms with Gasteiger partial charge in [0, 0.05) is 126 Å². The third-order valence-electron chi connectivity index (χ3n) is 19.9. The molecule has 0 fully saturated rings. The van der Waals surface area contributed by atoms with Crippen molar-refractivity contribution in [1.29, 1.82) is 0 Å². The number of hydrogen-bond donors (Lipinski definition) is 4. The molecule has 692 valence electrons. The first-order chi connectivity index (χ1) is 60.5. The van der Waals surface area contributed by atoms with Gasteiger partial charge in [0.1, 0.15) is 0 Å². The summed E-state index contributed by atoms with van der Waals surface area (Å²) >= 11 is 0. The van der Waals surface area contributed by atoms with Gasteiger partial charge in [-0.1, -0.05) is 225 Å². The van der Waals surface area contributed by atoms with Crippen LogP contribution in [-0.2, 0) is 106 Å². The number of hydrogen-bond acceptors (Lipinski definition) is 12. The molecule has 16 heteroatoms. The van der Waals surface area contributed by atoms with E-state index < -0.39 is 0 Å². The van der Waals surface area contributed by atoms with E-state index in [0.29, 0.717) is 5.92 Å². The second-order valence-electron chi connectivity index (χ2n) is 33.6. The predicted molar refractivity (Wildman–Crippen MR) is 533 cm³/mol. The van der Waals surface area contributed by atoms with E-state index in [-0.39, 0.29) is 127 Å². The molecule has 0 saturated heterocycles. The van der Waals surface area contributed by atoms with Crippen molar-refractivity contribution in [2.24, 2.45) is 5.92 Å². The van der Waals surface area contributed by atoms with Gasteiger partial charge in [-0.05, 0) is 225 Å². The molecule has 0 aliphatic rings. The second-order valence-corrected chi connectivity index (χ2v) is 33.6. The number of aryl methyl sites for hydroxylation is 14. The van der Waals surface area contributed by atoms with Crippen molar-refractivity contribution >= 4 is 66.7 Å². The number of nitrogens with zero attached hydrogens (tertiary/aromatic N) is 4. The zero-order valence-electron chi connectivity index (χ0n) is 80.0. The SMILES string of the molecule is CC(=O)C=C(C)O.CC(=O)C=C(C)O.CC(=O)C=C(C)O.CC(=O)C=C(C)O.Cc1[c-]c(-c2cc(-c3ccc(C)cc3)c3cc(C)ccc3n2)cc(C)c1.Cc1[c-]c(-c2cc(-c3ccc(CC(C)C)cc3)c3cc(C)ccc3n2)cc(C)c1.Cc1[c-]c(-c2cc(-c3ccccc3C)c3ccccc3n2)cc(C)c1.Cc1[c-]c(-c2cc(C)c3cc(C)ccc3n2)cc(C)c1.[Ir].[Ir].[Ir].[Ir]. The summed E-state index contributed by atoms with van der Waals surface area (Å²) in [5.41, 5.74) is 38.2. The van der Waals surface area contributed by atoms with Crippen LogP contribution in [0, 0.1) is 127 Å². The van der Waals surface area contributed by atoms with Crippen molar-refractivity contribution in [3.8, 4) is 78.4 Å². The number of carbonyl (C=O) groups excluding carboxylic acids is 4. The molecule has 12 nitrogen and oxygen atoms in total. The molecule has 11 aromatic carbocycles. The largest absolute Gasteiger partial charge is 0.512 e. The summed E-state index contributed by atoms with van der Waals surface area (Å²) in [4.78, 5) is 59.7. The fourth-order valence-electron chi connectivity index (χ4n) is 14.8. The minimum atomic E-state index is -0.125. The fourth-order valence-corrected chi connectivity index (χ4v) is 14.8. The average Bonchev–Trinajstić information content (AvgIpc) is 0.785. The summed E-state index contributed by atoms with van der Waals surface area (Å²) < 4.78 is 0. The van der Waals surface area contributed by atoms with Crippen LogP contribution < -0.4 is 0 Å². The van der Waals surface area contributed by atoms with Gasteiger partial charge in [0.15, 0.2) is 23.1 Å². The Labute approximate surface area is 835 Å². The molecule has 4 radical (unpaired) electrons. The third kappa shape index (κ3) is 35.9. The minimum absolute atomic E-state index is 0. The maximum atomic E-state index is 10.0. The normalized spacial score (nSPS) is 10.9. The van der Waals surface area contributed by atoms with Crippen LogP contribution in [0.4, 0.5) is 0 Å². The van der Waals surface area contributed by atoms with Crippen molar-refractivity contribution in [1.82, 2.24) is 19.9 Å². The Kier molecular flexibility index (Phi) is 46.0. The predicted octanol–water partition coefficient (Wildman–Crippen LogP) is 29.5. The number of rotatable bonds is 13. The number of carbonyl (C=O) groups is 4. The number of aliphatic hydroxyl groups excluding tert-OH is 4. The van der Waals surface area contributed by atoms with Crippen LogP contribution >= 0.6 is 0 Å². The Bertz CT molecular complexity index is 6460. The molecule has 132 heavy (non-hydrogen) atoms. The van der Waals surface area contributed by atoms with Gasteiger partial charge in [0.25, 0.3) is 0 Å². The van der Waals surface area contributed by atoms with E-state index in [1.165, 1.54) is 196 Å². The van der Waals surface area contributed by atoms with Gasteiger partial charge in [0.05, 0.1) is 45.1 Å². The molecule has 4 N–H and O–H groups in total. The molecular weight excluding hydrogens is 2350 g/mol. The summed E-state index contributed by atoms with van der Waals surface area (Å²) in [5, 5.41) is 38.3. The first-order valence-electron chi connectivity index (χ1n) is 42.9. The van der Waals surface area contributed by atoms with Crippen LogP contribution in [-0.4, -0.2) is 63.5 Å². The Hall–Kier alpha value is -11.5. The smallest absolute Gasteiger partial charge is 0.155 e. The summed E-state index contributed by atoms with van der Waals surface area (Å²) in [6.45, 7) is 45.6. The molecule has 0 amide bonds. The van der Waals surface area contributed by atoms with Crippen molar-refractivity contribution < 1.29 is 120 Å². The monoisotopic (exact) mass is 2470 g/mol. The van der Waals surface area contributed by atoms with Gasteiger partial charge in [0.2, 0.25) is 0 Å². The van der Waals surface area contributed by atoms with Crippen molar-refractivity contribution in [2.45, 2.75) is 173 Å². The van der Waals surface area contributed by atoms with Crippen LogP contribution in [0.3, 0.4) is 0 Å². The quantitative estimate of drug-likeness (QED) is 0.0484. The molecule has 0 spiro atoms. The van der Waals surface area contributed by atoms with E-state index >= 15 is 0 Å². The maximum Gasteiger partial charge on any atom is 0.155 e. The average molecular weight is 2470 g/mol. The molecule has 0 aliphatic carbocycles. The van der Waals surface area contributed by atoms with E-state index in [9.17, 15) is 19.2 Å². The molecule has 15 aromatic rings. The number of aliphatic hydroxyl groups is 4. The first-order valence-corrected chi connectivity index (χ1v) is 42.9. The number of aromatic nitrogens is 4. The first kappa shape index (κ1) is 113. The van der Waals surface area contributed by atoms with Crippen LogP contribution in [0.15, 0.2) is 272 Å². The number of benzene rings is 11. The molecule has 0 atom stereocenters. The van der Waals surface area contributed by atoms with Gasteiger partial charge in [-0.2, -0.15) is 0 Å². The van der Waals surface area contributed by atoms with Crippen LogP contribution in [0.2, 0.25) is 0 Å². The summed E-state index contributed by atoms with van der Waals surface area (Å²) in [5.74, 6) is 0.414. The number of allylic oxidation sites excluding steroid dienone is 8. The van der Waals surface area contributed by atoms with Gasteiger partial charge in [-0.3, -0.25) is 39.1 Å². The topological polar surface area (TPSA) is 201 Å². The number of para-hydroxylation sites is 1. The van der Waals surface area contributed by atoms with Crippen molar-refractivity contribution in [3.05, 3.63) is 380 Å². The summed E-state index contributed by atoms with van der Waals surface area (Å²) in [7, 11) is 0. The Morgan fingerprint density at radius 2 is 0.568 bits per heavy atom. The Balaban J connectivity index is 0.000000333. The molecule has 15 rings (SSSR count). The van der Waals surface area contributed by atoms with Crippen LogP contribution in [0.5, 0.6) is 0 Å². The van der Waals surface area contributed by atoms with E-state index in [1.807, 2.05) is 6.07 Å². The fraction of sp³-hybridized carbons (Fsp3) is 0.224. The summed E-state index contributed by atoms with van der Waals surface area (Å²) in [6, 6.07) is 93.9. The number of ketones is 4. The molecule has 0 saturated carbocycles. The molecule has 0 unspecified atom stereocenters. The standard InChI is InChI=1S/C28H28N.C25H22N.C24H20N.C19H18N.4C5H8O2.4Ir/c1-18(2)12-22-7-9-23(10-8-22)25-17-28(24-14-20(4)13-21(5)15-24)29-27-11-6-19(3)16-26(25)27;1-16-5-8-20(9-6-16)22-15-25(21-12-18(3)11-19(4)13-21)26-24-10-7-17(2)14-23(22)24;1-16-12-17(2)14-19(13-16)24-15-22(20-9-5-4-8-18(20)3)21-10-6-7-11-23(21)25-24;1-12-5-6-18-17(10-12)15(4)11-19(20-18)16-8-13(2)7-14(3)9-16;4*1-4(6)3-5(2)7;;;;/h6-11,13-14,16-18H,12H2,1-5H3;5-12,14-15H,1-4H3;4-13,15H,1-3H3;5-8,10-11H,1-4H3;4*3,6H,1-2H3;;;;/q4*-1;;;;;;;;. The van der Waals surface area contributed by atoms with E-state index in [0.717, 1.165) is 95.8 Å². The molecule has 0 bridgehead atoms. The Morgan fingerprint density at radius 1 is 0.280 bits per heavy atom. The van der Waals surface area contributed by atoms with Crippen molar-refractivity contribution in [2.75, 3.05) is 0 Å². The molecule has 4 aromatic heterocycles. The van der Waals surface area contributed by atoms with Gasteiger partial charge < -0.3 is 20.4 Å². The van der Waals surface area contributed by atoms with Crippen molar-refractivity contribution in [3.63, 3.8) is 0 Å². The van der Waals surface area contributed by atoms with Crippen LogP contribution in [0.1, 0.15) is 153 Å². The maximum absolute atomic E-state index is 10.0. The van der Waals surface area contributed by atoms with Gasteiger partial charge >= 0.3 is 0 Å². The molecule has 4 heterocycles. The van der Waals surface area contributed by atoms with Gasteiger partial charge in [-0.25, -0.2) is 0 Å². The third-order valence-corrected chi connectivity index (χ3v) is 19.9. The second kappa shape index (κ2) is 53.9. The van der Waals surface area contributed by atoms with Gasteiger partial charge in [-0.15, -0.1) is 140 Å². The van der Waals surface area contributed by atoms with E-state index in [4.69, 9.17) is 40.4 Å². The minimum Gasteiger partial charge on any atom is -0.512 e. The van der Waals surface area contributed by atoms with Crippen LogP contribution in [0.25, 0.3) is 122 Å².